The van der Waals surface area contributed by atoms with Gasteiger partial charge in [-0.25, -0.2) is 13.8 Å². The summed E-state index contributed by atoms with van der Waals surface area (Å²) in [6.45, 7) is 3.60. The number of hydrogen-bond acceptors (Lipinski definition) is 4. The fourth-order valence-electron chi connectivity index (χ4n) is 3.24. The molecule has 0 unspecified atom stereocenters. The number of rotatable bonds is 6. The number of thiophene rings is 1. The summed E-state index contributed by atoms with van der Waals surface area (Å²) in [6, 6.07) is 10.0. The van der Waals surface area contributed by atoms with Gasteiger partial charge in [0.1, 0.15) is 15.3 Å². The molecule has 0 aliphatic carbocycles. The van der Waals surface area contributed by atoms with E-state index in [-0.39, 0.29) is 11.0 Å². The third-order valence-electron chi connectivity index (χ3n) is 4.74. The third-order valence-corrected chi connectivity index (χ3v) is 5.84. The monoisotopic (exact) mass is 414 g/mol. The highest BCUT2D eigenvalue weighted by atomic mass is 32.1. The molecule has 1 N–H and O–H groups in total. The Kier molecular flexibility index (Phi) is 5.08. The molecule has 4 nitrogen and oxygen atoms in total. The summed E-state index contributed by atoms with van der Waals surface area (Å²) in [5.74, 6) is -2.35. The van der Waals surface area contributed by atoms with Gasteiger partial charge < -0.3 is 9.72 Å². The molecule has 3 heterocycles. The third kappa shape index (κ3) is 3.74. The second-order valence-corrected chi connectivity index (χ2v) is 8.00. The van der Waals surface area contributed by atoms with Crippen molar-refractivity contribution in [2.45, 2.75) is 32.6 Å². The van der Waals surface area contributed by atoms with Crippen LogP contribution >= 0.6 is 11.3 Å². The van der Waals surface area contributed by atoms with E-state index in [0.717, 1.165) is 36.9 Å². The molecule has 0 saturated carbocycles. The molecule has 7 heteroatoms. The number of alkyl halides is 2. The number of pyridine rings is 2. The van der Waals surface area contributed by atoms with E-state index in [1.54, 1.807) is 0 Å². The van der Waals surface area contributed by atoms with Gasteiger partial charge in [0.2, 0.25) is 0 Å². The van der Waals surface area contributed by atoms with Crippen LogP contribution < -0.4 is 10.2 Å². The smallest absolute Gasteiger partial charge is 0.271 e. The standard InChI is InChI=1S/C22H20F2N2O2S/c1-3-4-11-28-14-7-5-13(6-8-14)16-12-15(22(2,23)24)18-19-20(29-21(18)26-16)17(27)9-10-25-19/h5-10,12H,3-4,11H2,1-2H3,(H,25,27). The number of hydrogen-bond donors (Lipinski definition) is 1. The van der Waals surface area contributed by atoms with Crippen molar-refractivity contribution >= 4 is 31.8 Å². The number of ether oxygens (including phenoxy) is 1. The first-order valence-corrected chi connectivity index (χ1v) is 10.3. The number of aromatic nitrogens is 2. The van der Waals surface area contributed by atoms with Crippen molar-refractivity contribution in [2.24, 2.45) is 0 Å². The Morgan fingerprint density at radius 1 is 1.21 bits per heavy atom. The molecule has 0 radical (unpaired) electrons. The van der Waals surface area contributed by atoms with Crippen molar-refractivity contribution in [1.29, 1.82) is 0 Å². The zero-order valence-electron chi connectivity index (χ0n) is 16.1. The molecule has 3 aromatic heterocycles. The number of nitrogens with one attached hydrogen (secondary N) is 1. The van der Waals surface area contributed by atoms with Crippen molar-refractivity contribution in [1.82, 2.24) is 9.97 Å². The van der Waals surface area contributed by atoms with Crippen LogP contribution in [0.4, 0.5) is 8.78 Å². The van der Waals surface area contributed by atoms with Gasteiger partial charge in [0.15, 0.2) is 5.43 Å². The lowest BCUT2D eigenvalue weighted by atomic mass is 10.0. The van der Waals surface area contributed by atoms with E-state index >= 15 is 0 Å². The molecule has 0 bridgehead atoms. The van der Waals surface area contributed by atoms with Crippen LogP contribution in [-0.4, -0.2) is 16.6 Å². The van der Waals surface area contributed by atoms with Crippen LogP contribution in [0.5, 0.6) is 5.75 Å². The normalized spacial score (nSPS) is 12.0. The van der Waals surface area contributed by atoms with Gasteiger partial charge in [-0.05, 0) is 36.8 Å². The van der Waals surface area contributed by atoms with E-state index < -0.39 is 5.92 Å². The van der Waals surface area contributed by atoms with Crippen molar-refractivity contribution in [2.75, 3.05) is 6.61 Å². The van der Waals surface area contributed by atoms with Gasteiger partial charge in [-0.2, -0.15) is 0 Å². The second-order valence-electron chi connectivity index (χ2n) is 7.00. The Labute approximate surface area is 170 Å². The van der Waals surface area contributed by atoms with Gasteiger partial charge >= 0.3 is 0 Å². The molecule has 0 aliphatic heterocycles. The minimum absolute atomic E-state index is 0.145. The summed E-state index contributed by atoms with van der Waals surface area (Å²) < 4.78 is 35.0. The summed E-state index contributed by atoms with van der Waals surface area (Å²) in [6.07, 6.45) is 3.49. The summed E-state index contributed by atoms with van der Waals surface area (Å²) >= 11 is 1.13. The fourth-order valence-corrected chi connectivity index (χ4v) is 4.32. The van der Waals surface area contributed by atoms with Crippen molar-refractivity contribution < 1.29 is 13.5 Å². The Morgan fingerprint density at radius 2 is 1.97 bits per heavy atom. The maximum atomic E-state index is 14.5. The van der Waals surface area contributed by atoms with Crippen molar-refractivity contribution in [3.63, 3.8) is 0 Å². The number of H-pyrrole nitrogens is 1. The number of unbranched alkanes of at least 4 members (excludes halogenated alkanes) is 1. The Hall–Kier alpha value is -2.80. The number of halogens is 2. The molecule has 0 atom stereocenters. The van der Waals surface area contributed by atoms with E-state index in [1.807, 2.05) is 24.3 Å². The highest BCUT2D eigenvalue weighted by Gasteiger charge is 2.30. The largest absolute Gasteiger partial charge is 0.494 e. The molecular formula is C22H20F2N2O2S. The minimum Gasteiger partial charge on any atom is -0.494 e. The van der Waals surface area contributed by atoms with Crippen LogP contribution in [0.15, 0.2) is 47.4 Å². The molecule has 0 saturated heterocycles. The molecule has 4 rings (SSSR count). The van der Waals surface area contributed by atoms with Crippen LogP contribution in [0.25, 0.3) is 31.7 Å². The van der Waals surface area contributed by atoms with Crippen LogP contribution in [0.1, 0.15) is 32.3 Å². The zero-order valence-corrected chi connectivity index (χ0v) is 16.9. The Bertz CT molecular complexity index is 1220. The Balaban J connectivity index is 1.85. The van der Waals surface area contributed by atoms with Crippen LogP contribution in [-0.2, 0) is 5.92 Å². The predicted molar refractivity (Wildman–Crippen MR) is 113 cm³/mol. The van der Waals surface area contributed by atoms with E-state index in [0.29, 0.717) is 38.3 Å². The maximum absolute atomic E-state index is 14.5. The van der Waals surface area contributed by atoms with Gasteiger partial charge in [0.05, 0.1) is 17.8 Å². The van der Waals surface area contributed by atoms with E-state index in [9.17, 15) is 13.6 Å². The number of fused-ring (bicyclic) bond motifs is 3. The first kappa shape index (κ1) is 19.5. The van der Waals surface area contributed by atoms with Crippen LogP contribution in [0.3, 0.4) is 0 Å². The van der Waals surface area contributed by atoms with Gasteiger partial charge in [0, 0.05) is 35.7 Å². The second kappa shape index (κ2) is 7.55. The lowest BCUT2D eigenvalue weighted by molar-refractivity contribution is 0.0191. The number of nitrogens with zero attached hydrogens (tertiary/aromatic N) is 1. The summed E-state index contributed by atoms with van der Waals surface area (Å²) in [7, 11) is 0. The summed E-state index contributed by atoms with van der Waals surface area (Å²) in [4.78, 5) is 20.1. The molecule has 0 amide bonds. The first-order chi connectivity index (χ1) is 13.9. The predicted octanol–water partition coefficient (Wildman–Crippen LogP) is 6.10. The van der Waals surface area contributed by atoms with E-state index in [4.69, 9.17) is 4.74 Å². The van der Waals surface area contributed by atoms with Crippen molar-refractivity contribution in [3.05, 3.63) is 58.4 Å². The average molecular weight is 414 g/mol. The fraction of sp³-hybridized carbons (Fsp3) is 0.273. The quantitative estimate of drug-likeness (QED) is 0.388. The van der Waals surface area contributed by atoms with Gasteiger partial charge in [-0.1, -0.05) is 13.3 Å². The van der Waals surface area contributed by atoms with Crippen LogP contribution in [0.2, 0.25) is 0 Å². The average Bonchev–Trinajstić information content (AvgIpc) is 3.07. The minimum atomic E-state index is -3.08. The summed E-state index contributed by atoms with van der Waals surface area (Å²) in [5.41, 5.74) is 1.21. The number of benzene rings is 1. The number of aromatic amines is 1. The molecule has 0 fully saturated rings. The molecular weight excluding hydrogens is 394 g/mol. The topological polar surface area (TPSA) is 55.0 Å². The SMILES string of the molecule is CCCCOc1ccc(-c2cc(C(C)(F)F)c3c(n2)sc2c(=O)cc[nH]c23)cc1. The molecule has 0 aliphatic rings. The van der Waals surface area contributed by atoms with Gasteiger partial charge in [0.25, 0.3) is 5.92 Å². The van der Waals surface area contributed by atoms with Gasteiger partial charge in [-0.3, -0.25) is 4.79 Å². The maximum Gasteiger partial charge on any atom is 0.271 e. The van der Waals surface area contributed by atoms with Crippen molar-refractivity contribution in [3.8, 4) is 17.0 Å². The molecule has 4 aromatic rings. The lowest BCUT2D eigenvalue weighted by Crippen LogP contribution is -2.09. The molecule has 150 valence electrons. The Morgan fingerprint density at radius 3 is 2.66 bits per heavy atom. The highest BCUT2D eigenvalue weighted by molar-refractivity contribution is 7.25. The molecule has 0 spiro atoms. The lowest BCUT2D eigenvalue weighted by Gasteiger charge is -2.14. The molecule has 1 aromatic carbocycles. The van der Waals surface area contributed by atoms with E-state index in [2.05, 4.69) is 16.9 Å². The van der Waals surface area contributed by atoms with E-state index in [1.165, 1.54) is 18.3 Å². The zero-order chi connectivity index (χ0) is 20.6. The summed E-state index contributed by atoms with van der Waals surface area (Å²) in [5, 5.41) is 0.304. The molecule has 29 heavy (non-hydrogen) atoms. The highest BCUT2D eigenvalue weighted by Crippen LogP contribution is 2.41. The van der Waals surface area contributed by atoms with Gasteiger partial charge in [-0.15, -0.1) is 11.3 Å². The first-order valence-electron chi connectivity index (χ1n) is 9.45. The van der Waals surface area contributed by atoms with Crippen LogP contribution in [0, 0.1) is 0 Å².